The molecular weight excluding hydrogens is 358 g/mol. The minimum absolute atomic E-state index is 0.122. The lowest BCUT2D eigenvalue weighted by atomic mass is 10.2. The lowest BCUT2D eigenvalue weighted by Crippen LogP contribution is -2.09. The predicted molar refractivity (Wildman–Crippen MR) is 92.6 cm³/mol. The standard InChI is InChI=1S/C15H14ClNO4S2/c1-22(18,19)15-8-6-14(7-9-15)17-23(20,21)11-10-12-2-4-13(16)5-3-12/h2-11,17H,1H3. The van der Waals surface area contributed by atoms with E-state index in [1.165, 1.54) is 30.3 Å². The summed E-state index contributed by atoms with van der Waals surface area (Å²) in [6, 6.07) is 12.2. The Morgan fingerprint density at radius 2 is 1.48 bits per heavy atom. The normalized spacial score (nSPS) is 12.4. The fourth-order valence-corrected chi connectivity index (χ4v) is 3.34. The first-order valence-corrected chi connectivity index (χ1v) is 10.2. The van der Waals surface area contributed by atoms with Gasteiger partial charge in [-0.2, -0.15) is 0 Å². The van der Waals surface area contributed by atoms with Crippen molar-refractivity contribution in [2.45, 2.75) is 4.90 Å². The molecule has 0 fully saturated rings. The van der Waals surface area contributed by atoms with Crippen LogP contribution in [0.4, 0.5) is 5.69 Å². The van der Waals surface area contributed by atoms with E-state index in [9.17, 15) is 16.8 Å². The summed E-state index contributed by atoms with van der Waals surface area (Å²) < 4.78 is 49.0. The van der Waals surface area contributed by atoms with Crippen LogP contribution in [-0.2, 0) is 19.9 Å². The third-order valence-electron chi connectivity index (χ3n) is 2.85. The molecule has 2 rings (SSSR count). The Morgan fingerprint density at radius 1 is 0.913 bits per heavy atom. The highest BCUT2D eigenvalue weighted by Gasteiger charge is 2.09. The maximum Gasteiger partial charge on any atom is 0.255 e. The third kappa shape index (κ3) is 5.38. The molecule has 0 aliphatic carbocycles. The minimum atomic E-state index is -3.70. The summed E-state index contributed by atoms with van der Waals surface area (Å²) in [7, 11) is -7.02. The molecule has 0 unspecified atom stereocenters. The molecule has 0 amide bonds. The van der Waals surface area contributed by atoms with Crippen molar-refractivity contribution >= 4 is 43.2 Å². The van der Waals surface area contributed by atoms with Gasteiger partial charge in [0.15, 0.2) is 9.84 Å². The minimum Gasteiger partial charge on any atom is -0.280 e. The average molecular weight is 372 g/mol. The first-order valence-electron chi connectivity index (χ1n) is 6.42. The van der Waals surface area contributed by atoms with Crippen molar-refractivity contribution in [1.29, 1.82) is 0 Å². The number of anilines is 1. The molecule has 2 aromatic carbocycles. The van der Waals surface area contributed by atoms with Crippen LogP contribution < -0.4 is 4.72 Å². The molecule has 8 heteroatoms. The number of benzene rings is 2. The lowest BCUT2D eigenvalue weighted by molar-refractivity contribution is 0.601. The molecule has 0 bridgehead atoms. The van der Waals surface area contributed by atoms with Crippen LogP contribution in [0, 0.1) is 0 Å². The molecule has 0 aliphatic rings. The van der Waals surface area contributed by atoms with Gasteiger partial charge in [0.2, 0.25) is 0 Å². The van der Waals surface area contributed by atoms with Crippen molar-refractivity contribution < 1.29 is 16.8 Å². The van der Waals surface area contributed by atoms with E-state index < -0.39 is 19.9 Å². The van der Waals surface area contributed by atoms with Crippen molar-refractivity contribution in [3.8, 4) is 0 Å². The molecule has 0 heterocycles. The first kappa shape index (κ1) is 17.5. The van der Waals surface area contributed by atoms with E-state index in [2.05, 4.69) is 4.72 Å². The molecule has 0 saturated carbocycles. The van der Waals surface area contributed by atoms with Crippen LogP contribution in [-0.4, -0.2) is 23.1 Å². The van der Waals surface area contributed by atoms with Crippen molar-refractivity contribution in [2.75, 3.05) is 11.0 Å². The van der Waals surface area contributed by atoms with E-state index in [1.54, 1.807) is 24.3 Å². The second kappa shape index (κ2) is 6.74. The Balaban J connectivity index is 2.13. The van der Waals surface area contributed by atoms with Gasteiger partial charge in [-0.3, -0.25) is 4.72 Å². The van der Waals surface area contributed by atoms with E-state index in [0.29, 0.717) is 10.6 Å². The zero-order valence-corrected chi connectivity index (χ0v) is 14.5. The maximum absolute atomic E-state index is 12.0. The lowest BCUT2D eigenvalue weighted by Gasteiger charge is -2.05. The molecule has 122 valence electrons. The number of sulfone groups is 1. The molecule has 0 radical (unpaired) electrons. The zero-order valence-electron chi connectivity index (χ0n) is 12.1. The topological polar surface area (TPSA) is 80.3 Å². The molecule has 1 N–H and O–H groups in total. The van der Waals surface area contributed by atoms with Gasteiger partial charge in [-0.1, -0.05) is 23.7 Å². The van der Waals surface area contributed by atoms with E-state index in [4.69, 9.17) is 11.6 Å². The molecule has 2 aromatic rings. The van der Waals surface area contributed by atoms with Gasteiger partial charge < -0.3 is 0 Å². The van der Waals surface area contributed by atoms with Gasteiger partial charge in [-0.25, -0.2) is 16.8 Å². The highest BCUT2D eigenvalue weighted by Crippen LogP contribution is 2.16. The molecule has 23 heavy (non-hydrogen) atoms. The molecule has 0 saturated heterocycles. The van der Waals surface area contributed by atoms with Crippen LogP contribution in [0.3, 0.4) is 0 Å². The smallest absolute Gasteiger partial charge is 0.255 e. The van der Waals surface area contributed by atoms with E-state index in [-0.39, 0.29) is 10.6 Å². The number of rotatable bonds is 5. The molecule has 0 spiro atoms. The Labute approximate surface area is 140 Å². The maximum atomic E-state index is 12.0. The quantitative estimate of drug-likeness (QED) is 0.875. The van der Waals surface area contributed by atoms with Crippen LogP contribution in [0.5, 0.6) is 0 Å². The van der Waals surface area contributed by atoms with Gasteiger partial charge in [0.05, 0.1) is 10.3 Å². The molecular formula is C15H14ClNO4S2. The summed E-state index contributed by atoms with van der Waals surface area (Å²) in [6.07, 6.45) is 2.52. The third-order valence-corrected chi connectivity index (χ3v) is 5.25. The van der Waals surface area contributed by atoms with Gasteiger partial charge in [0, 0.05) is 17.0 Å². The van der Waals surface area contributed by atoms with E-state index in [0.717, 1.165) is 11.7 Å². The van der Waals surface area contributed by atoms with E-state index >= 15 is 0 Å². The highest BCUT2D eigenvalue weighted by molar-refractivity contribution is 7.95. The summed E-state index contributed by atoms with van der Waals surface area (Å²) in [5, 5.41) is 1.59. The molecule has 5 nitrogen and oxygen atoms in total. The van der Waals surface area contributed by atoms with Gasteiger partial charge in [-0.05, 0) is 48.0 Å². The van der Waals surface area contributed by atoms with Gasteiger partial charge in [0.1, 0.15) is 0 Å². The monoisotopic (exact) mass is 371 g/mol. The zero-order chi connectivity index (χ0) is 17.1. The number of sulfonamides is 1. The largest absolute Gasteiger partial charge is 0.280 e. The average Bonchev–Trinajstić information content (AvgIpc) is 2.46. The predicted octanol–water partition coefficient (Wildman–Crippen LogP) is 3.16. The summed E-state index contributed by atoms with van der Waals surface area (Å²) in [4.78, 5) is 0.122. The summed E-state index contributed by atoms with van der Waals surface area (Å²) >= 11 is 5.76. The first-order chi connectivity index (χ1) is 10.7. The van der Waals surface area contributed by atoms with Crippen LogP contribution in [0.25, 0.3) is 6.08 Å². The number of hydrogen-bond donors (Lipinski definition) is 1. The highest BCUT2D eigenvalue weighted by atomic mass is 35.5. The van der Waals surface area contributed by atoms with Crippen LogP contribution in [0.15, 0.2) is 58.8 Å². The molecule has 0 aromatic heterocycles. The van der Waals surface area contributed by atoms with Gasteiger partial charge in [-0.15, -0.1) is 0 Å². The Kier molecular flexibility index (Phi) is 5.13. The molecule has 0 atom stereocenters. The van der Waals surface area contributed by atoms with Crippen LogP contribution in [0.2, 0.25) is 5.02 Å². The van der Waals surface area contributed by atoms with Crippen molar-refractivity contribution in [1.82, 2.24) is 0 Å². The van der Waals surface area contributed by atoms with Crippen LogP contribution >= 0.6 is 11.6 Å². The van der Waals surface area contributed by atoms with Gasteiger partial charge >= 0.3 is 0 Å². The second-order valence-electron chi connectivity index (χ2n) is 4.80. The molecule has 0 aliphatic heterocycles. The summed E-state index contributed by atoms with van der Waals surface area (Å²) in [6.45, 7) is 0. The van der Waals surface area contributed by atoms with Crippen molar-refractivity contribution in [3.63, 3.8) is 0 Å². The van der Waals surface area contributed by atoms with Crippen molar-refractivity contribution in [2.24, 2.45) is 0 Å². The summed E-state index contributed by atoms with van der Waals surface area (Å²) in [5.41, 5.74) is 0.963. The fourth-order valence-electron chi connectivity index (χ4n) is 1.71. The Hall–Kier alpha value is -1.83. The second-order valence-corrected chi connectivity index (χ2v) is 8.82. The van der Waals surface area contributed by atoms with E-state index in [1.807, 2.05) is 0 Å². The number of nitrogens with one attached hydrogen (secondary N) is 1. The number of halogens is 1. The SMILES string of the molecule is CS(=O)(=O)c1ccc(NS(=O)(=O)C=Cc2ccc(Cl)cc2)cc1. The Morgan fingerprint density at radius 3 is 2.00 bits per heavy atom. The Bertz CT molecular complexity index is 916. The fraction of sp³-hybridized carbons (Fsp3) is 0.0667. The van der Waals surface area contributed by atoms with Gasteiger partial charge in [0.25, 0.3) is 10.0 Å². The van der Waals surface area contributed by atoms with Crippen molar-refractivity contribution in [3.05, 3.63) is 64.5 Å². The number of hydrogen-bond acceptors (Lipinski definition) is 4. The summed E-state index contributed by atoms with van der Waals surface area (Å²) in [5.74, 6) is 0. The van der Waals surface area contributed by atoms with Crippen LogP contribution in [0.1, 0.15) is 5.56 Å².